The van der Waals surface area contributed by atoms with E-state index in [2.05, 4.69) is 10.6 Å². The van der Waals surface area contributed by atoms with E-state index >= 15 is 0 Å². The Hall–Kier alpha value is -1.10. The number of amides is 1. The smallest absolute Gasteiger partial charge is 0.306 e. The average Bonchev–Trinajstić information content (AvgIpc) is 2.79. The lowest BCUT2D eigenvalue weighted by atomic mass is 10.2. The molecule has 0 saturated carbocycles. The summed E-state index contributed by atoms with van der Waals surface area (Å²) in [6.45, 7) is 7.13. The lowest BCUT2D eigenvalue weighted by molar-refractivity contribution is -0.154. The van der Waals surface area contributed by atoms with E-state index in [0.29, 0.717) is 13.0 Å². The van der Waals surface area contributed by atoms with Crippen molar-refractivity contribution in [1.82, 2.24) is 10.6 Å². The van der Waals surface area contributed by atoms with Crippen LogP contribution >= 0.6 is 0 Å². The molecule has 1 aliphatic heterocycles. The van der Waals surface area contributed by atoms with Crippen LogP contribution in [0.1, 0.15) is 52.9 Å². The van der Waals surface area contributed by atoms with Crippen molar-refractivity contribution in [3.05, 3.63) is 0 Å². The quantitative estimate of drug-likeness (QED) is 0.565. The van der Waals surface area contributed by atoms with E-state index in [1.165, 1.54) is 0 Å². The third-order valence-electron chi connectivity index (χ3n) is 2.90. The van der Waals surface area contributed by atoms with E-state index < -0.39 is 5.60 Å². The molecule has 19 heavy (non-hydrogen) atoms. The molecule has 2 N–H and O–H groups in total. The lowest BCUT2D eigenvalue weighted by Gasteiger charge is -2.19. The van der Waals surface area contributed by atoms with Crippen LogP contribution in [0.4, 0.5) is 0 Å². The van der Waals surface area contributed by atoms with Crippen LogP contribution in [-0.4, -0.2) is 36.6 Å². The third-order valence-corrected chi connectivity index (χ3v) is 2.90. The molecule has 5 nitrogen and oxygen atoms in total. The molecule has 0 radical (unpaired) electrons. The van der Waals surface area contributed by atoms with Gasteiger partial charge in [0.1, 0.15) is 5.60 Å². The largest absolute Gasteiger partial charge is 0.460 e. The summed E-state index contributed by atoms with van der Waals surface area (Å²) in [6.07, 6.45) is 3.94. The topological polar surface area (TPSA) is 67.4 Å². The number of nitrogens with one attached hydrogen (secondary N) is 2. The second-order valence-corrected chi connectivity index (χ2v) is 5.98. The number of hydrogen-bond acceptors (Lipinski definition) is 4. The van der Waals surface area contributed by atoms with Gasteiger partial charge in [-0.1, -0.05) is 0 Å². The Bertz CT molecular complexity index is 304. The molecule has 110 valence electrons. The number of rotatable bonds is 6. The molecule has 0 aromatic carbocycles. The Kier molecular flexibility index (Phi) is 6.28. The molecule has 1 fully saturated rings. The molecule has 0 unspecified atom stereocenters. The highest BCUT2D eigenvalue weighted by Gasteiger charge is 2.21. The third kappa shape index (κ3) is 7.15. The van der Waals surface area contributed by atoms with Crippen molar-refractivity contribution < 1.29 is 14.3 Å². The van der Waals surface area contributed by atoms with E-state index in [-0.39, 0.29) is 17.9 Å². The van der Waals surface area contributed by atoms with Gasteiger partial charge in [-0.25, -0.2) is 0 Å². The first-order valence-electron chi connectivity index (χ1n) is 7.11. The Labute approximate surface area is 115 Å². The molecule has 0 aromatic rings. The zero-order chi connectivity index (χ0) is 14.3. The van der Waals surface area contributed by atoms with Gasteiger partial charge in [0.25, 0.3) is 0 Å². The van der Waals surface area contributed by atoms with E-state index in [9.17, 15) is 9.59 Å². The molecule has 1 aliphatic rings. The molecule has 1 rings (SSSR count). The van der Waals surface area contributed by atoms with Gasteiger partial charge in [0, 0.05) is 13.0 Å². The van der Waals surface area contributed by atoms with Crippen molar-refractivity contribution in [1.29, 1.82) is 0 Å². The van der Waals surface area contributed by atoms with E-state index in [1.54, 1.807) is 0 Å². The molecule has 1 saturated heterocycles. The second kappa shape index (κ2) is 7.48. The Morgan fingerprint density at radius 3 is 2.63 bits per heavy atom. The summed E-state index contributed by atoms with van der Waals surface area (Å²) < 4.78 is 5.21. The van der Waals surface area contributed by atoms with Gasteiger partial charge < -0.3 is 15.4 Å². The minimum absolute atomic E-state index is 0.0224. The van der Waals surface area contributed by atoms with Crippen LogP contribution < -0.4 is 10.6 Å². The van der Waals surface area contributed by atoms with Crippen molar-refractivity contribution in [3.8, 4) is 0 Å². The SMILES string of the molecule is CC(C)(C)OC(=O)CCCCNC(=O)[C@H]1CCCN1. The molecule has 0 aromatic heterocycles. The van der Waals surface area contributed by atoms with Gasteiger partial charge in [-0.05, 0) is 53.0 Å². The van der Waals surface area contributed by atoms with Crippen LogP contribution in [0.25, 0.3) is 0 Å². The summed E-state index contributed by atoms with van der Waals surface area (Å²) in [5.41, 5.74) is -0.417. The average molecular weight is 270 g/mol. The minimum atomic E-state index is -0.417. The van der Waals surface area contributed by atoms with Crippen LogP contribution in [0.5, 0.6) is 0 Å². The molecule has 5 heteroatoms. The Morgan fingerprint density at radius 2 is 2.05 bits per heavy atom. The summed E-state index contributed by atoms with van der Waals surface area (Å²) in [4.78, 5) is 23.1. The van der Waals surface area contributed by atoms with Gasteiger partial charge in [0.15, 0.2) is 0 Å². The molecule has 1 heterocycles. The van der Waals surface area contributed by atoms with Crippen molar-refractivity contribution in [3.63, 3.8) is 0 Å². The highest BCUT2D eigenvalue weighted by molar-refractivity contribution is 5.81. The second-order valence-electron chi connectivity index (χ2n) is 5.98. The lowest BCUT2D eigenvalue weighted by Crippen LogP contribution is -2.40. The van der Waals surface area contributed by atoms with Crippen molar-refractivity contribution in [2.75, 3.05) is 13.1 Å². The molecule has 0 spiro atoms. The zero-order valence-electron chi connectivity index (χ0n) is 12.3. The predicted molar refractivity (Wildman–Crippen MR) is 73.7 cm³/mol. The van der Waals surface area contributed by atoms with E-state index in [1.807, 2.05) is 20.8 Å². The van der Waals surface area contributed by atoms with E-state index in [0.717, 1.165) is 32.2 Å². The highest BCUT2D eigenvalue weighted by atomic mass is 16.6. The normalized spacial score (nSPS) is 19.2. The Morgan fingerprint density at radius 1 is 1.32 bits per heavy atom. The molecule has 0 aliphatic carbocycles. The predicted octanol–water partition coefficient (Wildman–Crippen LogP) is 1.37. The van der Waals surface area contributed by atoms with Crippen LogP contribution in [0, 0.1) is 0 Å². The standard InChI is InChI=1S/C14H26N2O3/c1-14(2,3)19-12(17)8-4-5-9-16-13(18)11-7-6-10-15-11/h11,15H,4-10H2,1-3H3,(H,16,18)/t11-/m1/s1. The highest BCUT2D eigenvalue weighted by Crippen LogP contribution is 2.09. The number of hydrogen-bond donors (Lipinski definition) is 2. The fraction of sp³-hybridized carbons (Fsp3) is 0.857. The van der Waals surface area contributed by atoms with Crippen LogP contribution in [0.15, 0.2) is 0 Å². The fourth-order valence-corrected chi connectivity index (χ4v) is 2.03. The molecule has 0 bridgehead atoms. The molecule has 1 amide bonds. The summed E-state index contributed by atoms with van der Waals surface area (Å²) in [5, 5.41) is 6.05. The van der Waals surface area contributed by atoms with Gasteiger partial charge in [-0.15, -0.1) is 0 Å². The number of esters is 1. The maximum Gasteiger partial charge on any atom is 0.306 e. The van der Waals surface area contributed by atoms with Gasteiger partial charge in [0.2, 0.25) is 5.91 Å². The molecule has 1 atom stereocenters. The van der Waals surface area contributed by atoms with Crippen molar-refractivity contribution in [2.24, 2.45) is 0 Å². The zero-order valence-corrected chi connectivity index (χ0v) is 12.3. The number of ether oxygens (including phenoxy) is 1. The maximum atomic E-state index is 11.7. The van der Waals surface area contributed by atoms with Gasteiger partial charge in [0.05, 0.1) is 6.04 Å². The summed E-state index contributed by atoms with van der Waals surface area (Å²) in [7, 11) is 0. The van der Waals surface area contributed by atoms with Gasteiger partial charge >= 0.3 is 5.97 Å². The first-order valence-corrected chi connectivity index (χ1v) is 7.11. The summed E-state index contributed by atoms with van der Waals surface area (Å²) in [6, 6.07) is -0.0224. The van der Waals surface area contributed by atoms with E-state index in [4.69, 9.17) is 4.74 Å². The van der Waals surface area contributed by atoms with Gasteiger partial charge in [-0.3, -0.25) is 9.59 Å². The van der Waals surface area contributed by atoms with Crippen molar-refractivity contribution >= 4 is 11.9 Å². The first kappa shape index (κ1) is 16.0. The fourth-order valence-electron chi connectivity index (χ4n) is 2.03. The van der Waals surface area contributed by atoms with Crippen LogP contribution in [0.3, 0.4) is 0 Å². The number of carbonyl (C=O) groups is 2. The number of carbonyl (C=O) groups excluding carboxylic acids is 2. The number of unbranched alkanes of at least 4 members (excludes halogenated alkanes) is 1. The van der Waals surface area contributed by atoms with Gasteiger partial charge in [-0.2, -0.15) is 0 Å². The van der Waals surface area contributed by atoms with Crippen LogP contribution in [0.2, 0.25) is 0 Å². The van der Waals surface area contributed by atoms with Crippen LogP contribution in [-0.2, 0) is 14.3 Å². The Balaban J connectivity index is 2.01. The monoisotopic (exact) mass is 270 g/mol. The first-order chi connectivity index (χ1) is 8.88. The molecular formula is C14H26N2O3. The summed E-state index contributed by atoms with van der Waals surface area (Å²) >= 11 is 0. The minimum Gasteiger partial charge on any atom is -0.460 e. The molecular weight excluding hydrogens is 244 g/mol. The van der Waals surface area contributed by atoms with Crippen molar-refractivity contribution in [2.45, 2.75) is 64.5 Å². The maximum absolute atomic E-state index is 11.7. The summed E-state index contributed by atoms with van der Waals surface area (Å²) in [5.74, 6) is -0.0916.